The van der Waals surface area contributed by atoms with Gasteiger partial charge in [-0.15, -0.1) is 0 Å². The minimum atomic E-state index is -1.03. The van der Waals surface area contributed by atoms with Gasteiger partial charge in [0.05, 0.1) is 30.5 Å². The second-order valence-corrected chi connectivity index (χ2v) is 15.2. The molecule has 3 atom stereocenters. The van der Waals surface area contributed by atoms with E-state index in [4.69, 9.17) is 24.0 Å². The number of hydrogen-bond acceptors (Lipinski definition) is 11. The standard InChI is InChI=1S/C40H54N8O7/c1-9-47-32-15-14-27(19-29(32)30(21-40(5,6)22-54-24-50)36(47)28-13-12-16-41-34(28)26(4)53-8)37-44-33(55-45-37)20-31(39(52)48-18-11-10-17-42-48)43-38(51)35(25(2)3)46(7)23-49/h12-16,19,23-26,31,35,42H,9-11,17-18,20-22H2,1-8H3,(H,43,51). The predicted molar refractivity (Wildman–Crippen MR) is 206 cm³/mol. The normalized spacial score (nSPS) is 15.1. The minimum absolute atomic E-state index is 0.0540. The van der Waals surface area contributed by atoms with E-state index >= 15 is 0 Å². The number of amides is 3. The molecule has 1 aromatic carbocycles. The van der Waals surface area contributed by atoms with Gasteiger partial charge in [-0.25, -0.2) is 5.43 Å². The first kappa shape index (κ1) is 41.0. The maximum Gasteiger partial charge on any atom is 0.293 e. The molecule has 1 aliphatic heterocycles. The van der Waals surface area contributed by atoms with Crippen LogP contribution in [0.25, 0.3) is 33.5 Å². The molecular formula is C40H54N8O7. The lowest BCUT2D eigenvalue weighted by Gasteiger charge is -2.33. The number of carbonyl (C=O) groups excluding carboxylic acids is 4. The fourth-order valence-corrected chi connectivity index (χ4v) is 7.40. The van der Waals surface area contributed by atoms with E-state index in [1.807, 2.05) is 45.0 Å². The average Bonchev–Trinajstić information content (AvgIpc) is 3.77. The quantitative estimate of drug-likeness (QED) is 0.137. The molecule has 4 heterocycles. The van der Waals surface area contributed by atoms with Crippen molar-refractivity contribution in [2.45, 2.75) is 92.0 Å². The molecule has 1 fully saturated rings. The molecule has 0 saturated carbocycles. The highest BCUT2D eigenvalue weighted by molar-refractivity contribution is 5.95. The average molecular weight is 759 g/mol. The van der Waals surface area contributed by atoms with Crippen molar-refractivity contribution in [2.75, 3.05) is 33.9 Å². The number of benzene rings is 1. The molecule has 3 aromatic heterocycles. The Morgan fingerprint density at radius 1 is 1.16 bits per heavy atom. The summed E-state index contributed by atoms with van der Waals surface area (Å²) >= 11 is 0. The molecule has 3 unspecified atom stereocenters. The van der Waals surface area contributed by atoms with Gasteiger partial charge in [0, 0.05) is 67.4 Å². The van der Waals surface area contributed by atoms with E-state index < -0.39 is 23.4 Å². The van der Waals surface area contributed by atoms with Crippen LogP contribution in [0.1, 0.15) is 77.6 Å². The predicted octanol–water partition coefficient (Wildman–Crippen LogP) is 4.49. The third-order valence-corrected chi connectivity index (χ3v) is 10.1. The summed E-state index contributed by atoms with van der Waals surface area (Å²) in [6.45, 7) is 14.4. The molecule has 15 heteroatoms. The summed E-state index contributed by atoms with van der Waals surface area (Å²) in [6.07, 6.45) is 4.38. The van der Waals surface area contributed by atoms with Crippen LogP contribution in [0, 0.1) is 11.3 Å². The molecular weight excluding hydrogens is 704 g/mol. The van der Waals surface area contributed by atoms with Crippen LogP contribution in [0.15, 0.2) is 41.1 Å². The van der Waals surface area contributed by atoms with Crippen molar-refractivity contribution in [3.63, 3.8) is 0 Å². The number of nitrogens with one attached hydrogen (secondary N) is 2. The molecule has 0 aliphatic carbocycles. The van der Waals surface area contributed by atoms with Crippen LogP contribution >= 0.6 is 0 Å². The van der Waals surface area contributed by atoms with Crippen LogP contribution in [0.5, 0.6) is 0 Å². The largest absolute Gasteiger partial charge is 0.467 e. The number of aryl methyl sites for hydroxylation is 1. The summed E-state index contributed by atoms with van der Waals surface area (Å²) < 4.78 is 19.0. The van der Waals surface area contributed by atoms with Crippen molar-refractivity contribution in [2.24, 2.45) is 11.3 Å². The minimum Gasteiger partial charge on any atom is -0.467 e. The van der Waals surface area contributed by atoms with E-state index in [-0.39, 0.29) is 36.8 Å². The van der Waals surface area contributed by atoms with Gasteiger partial charge in [0.15, 0.2) is 0 Å². The summed E-state index contributed by atoms with van der Waals surface area (Å²) in [6, 6.07) is 8.17. The Morgan fingerprint density at radius 2 is 1.95 bits per heavy atom. The molecule has 4 aromatic rings. The van der Waals surface area contributed by atoms with Gasteiger partial charge in [0.2, 0.25) is 24.0 Å². The Bertz CT molecular complexity index is 1970. The van der Waals surface area contributed by atoms with E-state index in [1.54, 1.807) is 20.4 Å². The van der Waals surface area contributed by atoms with Crippen LogP contribution in [0.2, 0.25) is 0 Å². The van der Waals surface area contributed by atoms with Crippen molar-refractivity contribution >= 4 is 35.6 Å². The first-order valence-electron chi connectivity index (χ1n) is 18.9. The maximum absolute atomic E-state index is 13.8. The summed E-state index contributed by atoms with van der Waals surface area (Å²) in [5.41, 5.74) is 8.19. The van der Waals surface area contributed by atoms with E-state index in [1.165, 1.54) is 9.91 Å². The highest BCUT2D eigenvalue weighted by Gasteiger charge is 2.34. The molecule has 296 valence electrons. The SMILES string of the molecule is CCn1c(-c2cccnc2C(C)OC)c(CC(C)(C)COC=O)c2cc(-c3noc(CC(NC(=O)C(C(C)C)N(C)C=O)C(=O)N4CCCCN4)n3)ccc21. The smallest absolute Gasteiger partial charge is 0.293 e. The molecule has 1 saturated heterocycles. The van der Waals surface area contributed by atoms with Crippen LogP contribution in [-0.4, -0.2) is 100 Å². The van der Waals surface area contributed by atoms with Gasteiger partial charge >= 0.3 is 0 Å². The second kappa shape index (κ2) is 18.0. The summed E-state index contributed by atoms with van der Waals surface area (Å²) in [5, 5.41) is 9.68. The number of carbonyl (C=O) groups is 4. The van der Waals surface area contributed by atoms with E-state index in [0.717, 1.165) is 46.3 Å². The Balaban J connectivity index is 1.56. The fourth-order valence-electron chi connectivity index (χ4n) is 7.40. The lowest BCUT2D eigenvalue weighted by molar-refractivity contribution is -0.142. The number of methoxy groups -OCH3 is 1. The zero-order valence-electron chi connectivity index (χ0n) is 33.1. The number of ether oxygens (including phenoxy) is 2. The summed E-state index contributed by atoms with van der Waals surface area (Å²) in [7, 11) is 3.20. The third-order valence-electron chi connectivity index (χ3n) is 10.1. The van der Waals surface area contributed by atoms with Crippen molar-refractivity contribution in [3.05, 3.63) is 53.7 Å². The highest BCUT2D eigenvalue weighted by Crippen LogP contribution is 2.41. The van der Waals surface area contributed by atoms with E-state index in [2.05, 4.69) is 47.3 Å². The molecule has 2 N–H and O–H groups in total. The van der Waals surface area contributed by atoms with E-state index in [0.29, 0.717) is 50.3 Å². The van der Waals surface area contributed by atoms with Gasteiger partial charge in [-0.2, -0.15) is 4.98 Å². The Labute approximate surface area is 322 Å². The molecule has 15 nitrogen and oxygen atoms in total. The fraction of sp³-hybridized carbons (Fsp3) is 0.525. The van der Waals surface area contributed by atoms with Crippen LogP contribution in [0.3, 0.4) is 0 Å². The van der Waals surface area contributed by atoms with Crippen molar-refractivity contribution < 1.29 is 33.2 Å². The zero-order valence-corrected chi connectivity index (χ0v) is 33.1. The van der Waals surface area contributed by atoms with Gasteiger partial charge < -0.3 is 28.8 Å². The van der Waals surface area contributed by atoms with Gasteiger partial charge in [0.1, 0.15) is 12.1 Å². The number of aromatic nitrogens is 4. The van der Waals surface area contributed by atoms with E-state index in [9.17, 15) is 19.2 Å². The van der Waals surface area contributed by atoms with Gasteiger partial charge in [0.25, 0.3) is 12.4 Å². The van der Waals surface area contributed by atoms with Crippen LogP contribution in [-0.2, 0) is 48.0 Å². The number of pyridine rings is 1. The number of likely N-dealkylation sites (N-methyl/N-ethyl adjacent to an activating group) is 1. The summed E-state index contributed by atoms with van der Waals surface area (Å²) in [4.78, 5) is 60.9. The maximum atomic E-state index is 13.8. The zero-order chi connectivity index (χ0) is 39.9. The Hall–Kier alpha value is -5.15. The first-order chi connectivity index (χ1) is 26.3. The monoisotopic (exact) mass is 758 g/mol. The van der Waals surface area contributed by atoms with Crippen molar-refractivity contribution in [1.82, 2.24) is 40.3 Å². The Morgan fingerprint density at radius 3 is 2.60 bits per heavy atom. The first-order valence-corrected chi connectivity index (χ1v) is 18.9. The lowest BCUT2D eigenvalue weighted by Crippen LogP contribution is -2.59. The number of hydrogen-bond donors (Lipinski definition) is 2. The molecule has 0 radical (unpaired) electrons. The lowest BCUT2D eigenvalue weighted by atomic mass is 9.84. The molecule has 0 spiro atoms. The third kappa shape index (κ3) is 9.22. The Kier molecular flexibility index (Phi) is 13.4. The molecule has 1 aliphatic rings. The van der Waals surface area contributed by atoms with Crippen molar-refractivity contribution in [1.29, 1.82) is 0 Å². The molecule has 0 bridgehead atoms. The molecule has 5 rings (SSSR count). The van der Waals surface area contributed by atoms with Gasteiger partial charge in [-0.05, 0) is 74.9 Å². The molecule has 3 amide bonds. The van der Waals surface area contributed by atoms with Crippen molar-refractivity contribution in [3.8, 4) is 22.6 Å². The number of fused-ring (bicyclic) bond motifs is 1. The summed E-state index contributed by atoms with van der Waals surface area (Å²) in [5.74, 6) is -0.493. The second-order valence-electron chi connectivity index (χ2n) is 15.2. The number of nitrogens with zero attached hydrogens (tertiary/aromatic N) is 6. The van der Waals surface area contributed by atoms with Crippen LogP contribution in [0.4, 0.5) is 0 Å². The van der Waals surface area contributed by atoms with Gasteiger partial charge in [-0.1, -0.05) is 32.9 Å². The molecule has 55 heavy (non-hydrogen) atoms. The topological polar surface area (TPSA) is 174 Å². The number of hydrazine groups is 1. The van der Waals surface area contributed by atoms with Crippen LogP contribution < -0.4 is 10.7 Å². The van der Waals surface area contributed by atoms with Gasteiger partial charge in [-0.3, -0.25) is 29.2 Å². The highest BCUT2D eigenvalue weighted by atomic mass is 16.5. The number of rotatable bonds is 18.